The van der Waals surface area contributed by atoms with E-state index in [2.05, 4.69) is 20.4 Å². The Kier molecular flexibility index (Phi) is 11.0. The molecule has 2 aromatic rings. The highest BCUT2D eigenvalue weighted by Gasteiger charge is 2.17. The average Bonchev–Trinajstić information content (AvgIpc) is 3.15. The molecule has 29 heavy (non-hydrogen) atoms. The monoisotopic (exact) mass is 522 g/mol. The number of aliphatic imine (C=N–C) groups is 1. The number of likely N-dealkylation sites (N-methyl/N-ethyl adjacent to an activating group) is 1. The van der Waals surface area contributed by atoms with Gasteiger partial charge in [0.2, 0.25) is 0 Å². The summed E-state index contributed by atoms with van der Waals surface area (Å²) in [4.78, 5) is 6.57. The molecule has 0 spiro atoms. The second-order valence-electron chi connectivity index (χ2n) is 6.56. The number of nitrogens with zero attached hydrogens (tertiary/aromatic N) is 2. The number of benzene rings is 1. The molecule has 2 rings (SSSR count). The van der Waals surface area contributed by atoms with Gasteiger partial charge in [0.15, 0.2) is 5.96 Å². The van der Waals surface area contributed by atoms with Crippen molar-refractivity contribution in [2.24, 2.45) is 4.99 Å². The van der Waals surface area contributed by atoms with Crippen LogP contribution in [-0.4, -0.2) is 44.7 Å². The van der Waals surface area contributed by atoms with Crippen LogP contribution in [-0.2, 0) is 6.54 Å². The van der Waals surface area contributed by atoms with Gasteiger partial charge < -0.3 is 19.8 Å². The number of alkyl halides is 2. The third-order valence-corrected chi connectivity index (χ3v) is 4.14. The molecule has 1 aromatic carbocycles. The molecule has 0 radical (unpaired) electrons. The normalized spacial score (nSPS) is 12.6. The summed E-state index contributed by atoms with van der Waals surface area (Å²) in [6, 6.07) is 8.89. The Morgan fingerprint density at radius 2 is 2.00 bits per heavy atom. The number of guanidine groups is 1. The quantitative estimate of drug-likeness (QED) is 0.294. The Labute approximate surface area is 187 Å². The molecule has 0 aliphatic heterocycles. The fraction of sp³-hybridized carbons (Fsp3) is 0.450. The van der Waals surface area contributed by atoms with Gasteiger partial charge >= 0.3 is 6.61 Å². The molecule has 0 aliphatic rings. The van der Waals surface area contributed by atoms with Crippen LogP contribution in [0.1, 0.15) is 29.9 Å². The van der Waals surface area contributed by atoms with Crippen LogP contribution < -0.4 is 15.4 Å². The van der Waals surface area contributed by atoms with Crippen LogP contribution in [0.5, 0.6) is 5.75 Å². The lowest BCUT2D eigenvalue weighted by Crippen LogP contribution is -2.41. The highest BCUT2D eigenvalue weighted by Crippen LogP contribution is 2.23. The molecule has 9 heteroatoms. The van der Waals surface area contributed by atoms with E-state index < -0.39 is 6.61 Å². The topological polar surface area (TPSA) is 62.0 Å². The van der Waals surface area contributed by atoms with Crippen LogP contribution in [0.4, 0.5) is 8.78 Å². The third kappa shape index (κ3) is 8.17. The predicted octanol–water partition coefficient (Wildman–Crippen LogP) is 4.17. The van der Waals surface area contributed by atoms with Crippen LogP contribution in [0.15, 0.2) is 46.0 Å². The number of ether oxygens (including phenoxy) is 1. The summed E-state index contributed by atoms with van der Waals surface area (Å²) >= 11 is 0. The lowest BCUT2D eigenvalue weighted by Gasteiger charge is -2.23. The van der Waals surface area contributed by atoms with E-state index in [9.17, 15) is 8.78 Å². The van der Waals surface area contributed by atoms with Gasteiger partial charge in [-0.3, -0.25) is 4.90 Å². The van der Waals surface area contributed by atoms with Gasteiger partial charge in [0, 0.05) is 18.7 Å². The molecule has 0 amide bonds. The Hall–Kier alpha value is -1.88. The summed E-state index contributed by atoms with van der Waals surface area (Å²) in [5.41, 5.74) is 1.56. The number of aryl methyl sites for hydroxylation is 1. The van der Waals surface area contributed by atoms with Gasteiger partial charge in [-0.05, 0) is 46.1 Å². The molecule has 1 unspecified atom stereocenters. The maximum atomic E-state index is 12.6. The zero-order valence-corrected chi connectivity index (χ0v) is 19.4. The molecule has 1 aromatic heterocycles. The zero-order chi connectivity index (χ0) is 20.5. The van der Waals surface area contributed by atoms with Gasteiger partial charge in [-0.25, -0.2) is 4.99 Å². The molecule has 162 valence electrons. The summed E-state index contributed by atoms with van der Waals surface area (Å²) in [5, 5.41) is 6.45. The number of rotatable bonds is 9. The van der Waals surface area contributed by atoms with Crippen LogP contribution in [0.2, 0.25) is 0 Å². The largest absolute Gasteiger partial charge is 0.468 e. The smallest absolute Gasteiger partial charge is 0.387 e. The lowest BCUT2D eigenvalue weighted by molar-refractivity contribution is -0.0504. The number of furan rings is 1. The average molecular weight is 522 g/mol. The van der Waals surface area contributed by atoms with Crippen LogP contribution in [0, 0.1) is 6.92 Å². The molecule has 0 bridgehead atoms. The molecule has 0 fully saturated rings. The van der Waals surface area contributed by atoms with Crippen molar-refractivity contribution < 1.29 is 17.9 Å². The fourth-order valence-electron chi connectivity index (χ4n) is 2.76. The summed E-state index contributed by atoms with van der Waals surface area (Å²) in [6.45, 7) is 2.45. The van der Waals surface area contributed by atoms with E-state index in [-0.39, 0.29) is 42.3 Å². The third-order valence-electron chi connectivity index (χ3n) is 4.14. The summed E-state index contributed by atoms with van der Waals surface area (Å²) in [7, 11) is 3.94. The standard InChI is InChI=1S/C20H28F2N4O2.HI/c1-5-23-20(25-13-16(26(3)4)18-7-6-10-27-18)24-12-15-11-14(2)8-9-17(15)28-19(21)22;/h6-11,16,19H,5,12-13H2,1-4H3,(H2,23,24,25);1H. The summed E-state index contributed by atoms with van der Waals surface area (Å²) < 4.78 is 35.4. The van der Waals surface area contributed by atoms with Crippen molar-refractivity contribution in [2.45, 2.75) is 33.0 Å². The van der Waals surface area contributed by atoms with E-state index in [4.69, 9.17) is 4.42 Å². The summed E-state index contributed by atoms with van der Waals surface area (Å²) in [6.07, 6.45) is 1.65. The molecular weight excluding hydrogens is 493 g/mol. The minimum Gasteiger partial charge on any atom is -0.468 e. The van der Waals surface area contributed by atoms with Crippen molar-refractivity contribution in [3.05, 3.63) is 53.5 Å². The first-order valence-corrected chi connectivity index (χ1v) is 9.17. The number of hydrogen-bond donors (Lipinski definition) is 2. The lowest BCUT2D eigenvalue weighted by atomic mass is 10.1. The zero-order valence-electron chi connectivity index (χ0n) is 17.1. The number of nitrogens with one attached hydrogen (secondary N) is 2. The van der Waals surface area contributed by atoms with Gasteiger partial charge in [0.1, 0.15) is 11.5 Å². The molecule has 0 aliphatic carbocycles. The van der Waals surface area contributed by atoms with E-state index in [1.807, 2.05) is 45.0 Å². The maximum absolute atomic E-state index is 12.6. The van der Waals surface area contributed by atoms with Crippen LogP contribution >= 0.6 is 24.0 Å². The van der Waals surface area contributed by atoms with Crippen molar-refractivity contribution >= 4 is 29.9 Å². The second kappa shape index (κ2) is 12.6. The van der Waals surface area contributed by atoms with Gasteiger partial charge in [-0.2, -0.15) is 8.78 Å². The van der Waals surface area contributed by atoms with Crippen molar-refractivity contribution in [3.63, 3.8) is 0 Å². The van der Waals surface area contributed by atoms with Crippen molar-refractivity contribution in [1.29, 1.82) is 0 Å². The Morgan fingerprint density at radius 3 is 2.59 bits per heavy atom. The molecule has 1 heterocycles. The first-order chi connectivity index (χ1) is 13.4. The number of hydrogen-bond acceptors (Lipinski definition) is 4. The number of halogens is 3. The molecule has 1 atom stereocenters. The first kappa shape index (κ1) is 25.2. The van der Waals surface area contributed by atoms with Crippen molar-refractivity contribution in [3.8, 4) is 5.75 Å². The molecular formula is C20H29F2IN4O2. The van der Waals surface area contributed by atoms with Crippen LogP contribution in [0.25, 0.3) is 0 Å². The highest BCUT2D eigenvalue weighted by molar-refractivity contribution is 14.0. The van der Waals surface area contributed by atoms with E-state index in [0.717, 1.165) is 11.3 Å². The Bertz CT molecular complexity index is 755. The van der Waals surface area contributed by atoms with E-state index in [1.54, 1.807) is 24.5 Å². The van der Waals surface area contributed by atoms with Crippen LogP contribution in [0.3, 0.4) is 0 Å². The highest BCUT2D eigenvalue weighted by atomic mass is 127. The SMILES string of the molecule is CCNC(=NCc1cc(C)ccc1OC(F)F)NCC(c1ccco1)N(C)C.I. The van der Waals surface area contributed by atoms with Gasteiger partial charge in [0.05, 0.1) is 18.8 Å². The first-order valence-electron chi connectivity index (χ1n) is 9.17. The molecule has 2 N–H and O–H groups in total. The predicted molar refractivity (Wildman–Crippen MR) is 121 cm³/mol. The van der Waals surface area contributed by atoms with E-state index in [0.29, 0.717) is 24.6 Å². The second-order valence-corrected chi connectivity index (χ2v) is 6.56. The fourth-order valence-corrected chi connectivity index (χ4v) is 2.76. The molecule has 0 saturated heterocycles. The summed E-state index contributed by atoms with van der Waals surface area (Å²) in [5.74, 6) is 1.58. The molecule has 6 nitrogen and oxygen atoms in total. The Balaban J connectivity index is 0.00000420. The van der Waals surface area contributed by atoms with Gasteiger partial charge in [0.25, 0.3) is 0 Å². The Morgan fingerprint density at radius 1 is 1.24 bits per heavy atom. The van der Waals surface area contributed by atoms with E-state index in [1.165, 1.54) is 0 Å². The van der Waals surface area contributed by atoms with Crippen molar-refractivity contribution in [2.75, 3.05) is 27.2 Å². The van der Waals surface area contributed by atoms with E-state index >= 15 is 0 Å². The van der Waals surface area contributed by atoms with Gasteiger partial charge in [-0.15, -0.1) is 24.0 Å². The maximum Gasteiger partial charge on any atom is 0.387 e. The minimum absolute atomic E-state index is 0. The minimum atomic E-state index is -2.87. The van der Waals surface area contributed by atoms with Gasteiger partial charge in [-0.1, -0.05) is 17.7 Å². The molecule has 0 saturated carbocycles. The van der Waals surface area contributed by atoms with Crippen molar-refractivity contribution in [1.82, 2.24) is 15.5 Å².